The first-order valence-corrected chi connectivity index (χ1v) is 15.0. The second-order valence-corrected chi connectivity index (χ2v) is 10.6. The third-order valence-corrected chi connectivity index (χ3v) is 7.53. The number of benzene rings is 3. The third-order valence-electron chi connectivity index (χ3n) is 7.29. The number of halogens is 1. The average molecular weight is 651 g/mol. The van der Waals surface area contributed by atoms with Crippen molar-refractivity contribution in [2.75, 3.05) is 48.8 Å². The van der Waals surface area contributed by atoms with Gasteiger partial charge in [-0.15, -0.1) is 0 Å². The highest BCUT2D eigenvalue weighted by Crippen LogP contribution is 2.44. The first-order chi connectivity index (χ1) is 22.4. The van der Waals surface area contributed by atoms with E-state index in [0.29, 0.717) is 63.8 Å². The Balaban J connectivity index is 1.31. The Morgan fingerprint density at radius 1 is 0.717 bits per heavy atom. The van der Waals surface area contributed by atoms with Gasteiger partial charge in [-0.05, 0) is 56.0 Å². The van der Waals surface area contributed by atoms with Crippen LogP contribution in [0.2, 0.25) is 5.02 Å². The highest BCUT2D eigenvalue weighted by atomic mass is 35.5. The molecule has 0 saturated carbocycles. The van der Waals surface area contributed by atoms with E-state index in [9.17, 15) is 4.79 Å². The zero-order chi connectivity index (χ0) is 32.6. The van der Waals surface area contributed by atoms with Crippen molar-refractivity contribution in [3.63, 3.8) is 0 Å². The van der Waals surface area contributed by atoms with E-state index < -0.39 is 0 Å². The number of hydrogen-bond donors (Lipinski definition) is 0. The predicted octanol–water partition coefficient (Wildman–Crippen LogP) is 7.12. The van der Waals surface area contributed by atoms with E-state index in [4.69, 9.17) is 49.2 Å². The summed E-state index contributed by atoms with van der Waals surface area (Å²) < 4.78 is 45.7. The van der Waals surface area contributed by atoms with Crippen molar-refractivity contribution in [2.24, 2.45) is 0 Å². The van der Waals surface area contributed by atoms with Crippen LogP contribution in [0.15, 0.2) is 57.9 Å². The van der Waals surface area contributed by atoms with E-state index in [-0.39, 0.29) is 34.5 Å². The normalized spacial score (nSPS) is 11.0. The van der Waals surface area contributed by atoms with Crippen LogP contribution in [0.5, 0.6) is 40.4 Å². The first kappa shape index (κ1) is 32.5. The molecule has 46 heavy (non-hydrogen) atoms. The number of methoxy groups -OCH3 is 5. The van der Waals surface area contributed by atoms with Gasteiger partial charge in [-0.3, -0.25) is 4.79 Å². The summed E-state index contributed by atoms with van der Waals surface area (Å²) in [6.07, 6.45) is 4.85. The molecule has 0 spiro atoms. The SMILES string of the molecule is COc1cc(OC)c2c(=O)c(OCCCCCCOc3cnc4cc(Cl)ccc4n3)c(-c3cc(OC)c(OC)c(OC)c3)oc2c1. The van der Waals surface area contributed by atoms with E-state index in [2.05, 4.69) is 9.97 Å². The van der Waals surface area contributed by atoms with Gasteiger partial charge in [0.1, 0.15) is 22.5 Å². The van der Waals surface area contributed by atoms with Gasteiger partial charge in [0.05, 0.1) is 66.0 Å². The van der Waals surface area contributed by atoms with Gasteiger partial charge in [0.15, 0.2) is 17.3 Å². The molecule has 0 bridgehead atoms. The summed E-state index contributed by atoms with van der Waals surface area (Å²) in [6, 6.07) is 12.0. The number of fused-ring (bicyclic) bond motifs is 2. The summed E-state index contributed by atoms with van der Waals surface area (Å²) in [5, 5.41) is 0.852. The number of aromatic nitrogens is 2. The Kier molecular flexibility index (Phi) is 10.5. The summed E-state index contributed by atoms with van der Waals surface area (Å²) in [7, 11) is 7.55. The highest BCUT2D eigenvalue weighted by molar-refractivity contribution is 6.31. The molecule has 0 N–H and O–H groups in total. The largest absolute Gasteiger partial charge is 0.496 e. The van der Waals surface area contributed by atoms with Crippen molar-refractivity contribution >= 4 is 33.6 Å². The molecule has 0 aliphatic rings. The fourth-order valence-corrected chi connectivity index (χ4v) is 5.17. The fourth-order valence-electron chi connectivity index (χ4n) is 5.00. The topological polar surface area (TPSA) is 121 Å². The molecule has 11 nitrogen and oxygen atoms in total. The number of hydrogen-bond acceptors (Lipinski definition) is 11. The molecule has 0 saturated heterocycles. The number of rotatable bonds is 15. The molecule has 0 atom stereocenters. The van der Waals surface area contributed by atoms with E-state index >= 15 is 0 Å². The lowest BCUT2D eigenvalue weighted by atomic mass is 10.1. The van der Waals surface area contributed by atoms with Crippen molar-refractivity contribution in [3.05, 3.63) is 63.9 Å². The van der Waals surface area contributed by atoms with Crippen molar-refractivity contribution in [1.82, 2.24) is 9.97 Å². The number of unbranched alkanes of at least 4 members (excludes halogenated alkanes) is 3. The standard InChI is InChI=1S/C34H35ClN2O9/c1-39-22-17-25(40-2)30-26(18-22)46-32(20-14-27(41-3)33(43-5)28(15-20)42-4)34(31(30)38)45-13-9-7-6-8-12-44-29-19-36-24-16-21(35)10-11-23(24)37-29/h10-11,14-19H,6-9,12-13H2,1-5H3. The van der Waals surface area contributed by atoms with Gasteiger partial charge >= 0.3 is 0 Å². The van der Waals surface area contributed by atoms with Gasteiger partial charge in [0.2, 0.25) is 22.8 Å². The minimum atomic E-state index is -0.378. The lowest BCUT2D eigenvalue weighted by molar-refractivity contribution is 0.279. The Morgan fingerprint density at radius 2 is 1.41 bits per heavy atom. The molecule has 12 heteroatoms. The zero-order valence-electron chi connectivity index (χ0n) is 26.3. The second kappa shape index (κ2) is 14.9. The van der Waals surface area contributed by atoms with Crippen LogP contribution in [0.1, 0.15) is 25.7 Å². The van der Waals surface area contributed by atoms with Crippen LogP contribution in [0, 0.1) is 0 Å². The molecule has 5 rings (SSSR count). The van der Waals surface area contributed by atoms with Crippen LogP contribution < -0.4 is 38.6 Å². The van der Waals surface area contributed by atoms with Crippen molar-refractivity contribution in [1.29, 1.82) is 0 Å². The lowest BCUT2D eigenvalue weighted by Gasteiger charge is -2.17. The summed E-state index contributed by atoms with van der Waals surface area (Å²) in [4.78, 5) is 22.8. The first-order valence-electron chi connectivity index (χ1n) is 14.6. The highest BCUT2D eigenvalue weighted by Gasteiger charge is 2.24. The minimum Gasteiger partial charge on any atom is -0.496 e. The van der Waals surface area contributed by atoms with Crippen LogP contribution in [0.3, 0.4) is 0 Å². The van der Waals surface area contributed by atoms with Crippen molar-refractivity contribution in [3.8, 4) is 51.7 Å². The Labute approximate surface area is 270 Å². The summed E-state index contributed by atoms with van der Waals surface area (Å²) >= 11 is 6.02. The maximum atomic E-state index is 13.9. The molecule has 0 amide bonds. The van der Waals surface area contributed by atoms with Gasteiger partial charge in [-0.1, -0.05) is 11.6 Å². The monoisotopic (exact) mass is 650 g/mol. The van der Waals surface area contributed by atoms with Crippen molar-refractivity contribution < 1.29 is 37.6 Å². The molecule has 0 aliphatic carbocycles. The molecular weight excluding hydrogens is 616 g/mol. The molecule has 5 aromatic rings. The van der Waals surface area contributed by atoms with Crippen LogP contribution in [0.25, 0.3) is 33.3 Å². The molecule has 0 fully saturated rings. The third kappa shape index (κ3) is 6.99. The molecule has 2 heterocycles. The second-order valence-electron chi connectivity index (χ2n) is 10.2. The van der Waals surface area contributed by atoms with Gasteiger partial charge < -0.3 is 37.6 Å². The van der Waals surface area contributed by atoms with Gasteiger partial charge in [0, 0.05) is 22.7 Å². The fraction of sp³-hybridized carbons (Fsp3) is 0.324. The van der Waals surface area contributed by atoms with E-state index in [0.717, 1.165) is 24.8 Å². The zero-order valence-corrected chi connectivity index (χ0v) is 27.1. The predicted molar refractivity (Wildman–Crippen MR) is 175 cm³/mol. The lowest BCUT2D eigenvalue weighted by Crippen LogP contribution is -2.12. The Morgan fingerprint density at radius 3 is 2.07 bits per heavy atom. The molecule has 0 aliphatic heterocycles. The minimum absolute atomic E-state index is 0.0461. The van der Waals surface area contributed by atoms with Gasteiger partial charge in [0.25, 0.3) is 0 Å². The van der Waals surface area contributed by atoms with Crippen LogP contribution in [-0.2, 0) is 0 Å². The summed E-state index contributed by atoms with van der Waals surface area (Å²) in [6.45, 7) is 0.781. The molecular formula is C34H35ClN2O9. The van der Waals surface area contributed by atoms with Crippen LogP contribution in [-0.4, -0.2) is 58.7 Å². The number of nitrogens with zero attached hydrogens (tertiary/aromatic N) is 2. The van der Waals surface area contributed by atoms with Gasteiger partial charge in [-0.2, -0.15) is 0 Å². The molecule has 3 aromatic carbocycles. The molecule has 0 unspecified atom stereocenters. The maximum Gasteiger partial charge on any atom is 0.239 e. The summed E-state index contributed by atoms with van der Waals surface area (Å²) in [5.74, 6) is 2.70. The van der Waals surface area contributed by atoms with E-state index in [1.54, 1.807) is 42.6 Å². The maximum absolute atomic E-state index is 13.9. The Hall–Kier alpha value is -4.90. The average Bonchev–Trinajstić information content (AvgIpc) is 3.08. The Bertz CT molecular complexity index is 1870. The van der Waals surface area contributed by atoms with Gasteiger partial charge in [-0.25, -0.2) is 9.97 Å². The quantitative estimate of drug-likeness (QED) is 0.108. The molecule has 242 valence electrons. The van der Waals surface area contributed by atoms with Crippen LogP contribution >= 0.6 is 11.6 Å². The van der Waals surface area contributed by atoms with Crippen LogP contribution in [0.4, 0.5) is 0 Å². The molecule has 0 radical (unpaired) electrons. The summed E-state index contributed by atoms with van der Waals surface area (Å²) in [5.41, 5.74) is 1.84. The van der Waals surface area contributed by atoms with Crippen molar-refractivity contribution in [2.45, 2.75) is 25.7 Å². The van der Waals surface area contributed by atoms with E-state index in [1.165, 1.54) is 35.5 Å². The van der Waals surface area contributed by atoms with E-state index in [1.807, 2.05) is 6.07 Å². The smallest absolute Gasteiger partial charge is 0.239 e. The number of ether oxygens (including phenoxy) is 7. The molecule has 2 aromatic heterocycles.